The molecule has 2 fully saturated rings. The van der Waals surface area contributed by atoms with Crippen molar-refractivity contribution >= 4 is 22.7 Å². The van der Waals surface area contributed by atoms with Gasteiger partial charge in [0.1, 0.15) is 17.9 Å². The molecule has 1 saturated heterocycles. The number of rotatable bonds is 6. The smallest absolute Gasteiger partial charge is 0.248 e. The summed E-state index contributed by atoms with van der Waals surface area (Å²) in [7, 11) is 0. The number of nitrogens with one attached hydrogen (secondary N) is 1. The number of carbonyl (C=O) groups is 2. The highest BCUT2D eigenvalue weighted by atomic mass is 16.5. The molecule has 1 aliphatic carbocycles. The maximum Gasteiger partial charge on any atom is 0.248 e. The van der Waals surface area contributed by atoms with Crippen LogP contribution in [0.4, 0.5) is 0 Å². The fraction of sp³-hybridized carbons (Fsp3) is 0.370. The monoisotopic (exact) mass is 474 g/mol. The molecule has 35 heavy (non-hydrogen) atoms. The summed E-state index contributed by atoms with van der Waals surface area (Å²) in [5, 5.41) is 10.1. The van der Waals surface area contributed by atoms with Crippen LogP contribution in [0.2, 0.25) is 0 Å². The number of amides is 2. The van der Waals surface area contributed by atoms with Gasteiger partial charge in [0.2, 0.25) is 11.8 Å². The minimum atomic E-state index is -1.14. The van der Waals surface area contributed by atoms with Gasteiger partial charge >= 0.3 is 0 Å². The van der Waals surface area contributed by atoms with E-state index in [1.165, 1.54) is 0 Å². The van der Waals surface area contributed by atoms with Crippen LogP contribution in [0.3, 0.4) is 0 Å². The molecule has 1 saturated carbocycles. The number of para-hydroxylation sites is 1. The highest BCUT2D eigenvalue weighted by Crippen LogP contribution is 2.38. The second kappa shape index (κ2) is 9.28. The van der Waals surface area contributed by atoms with Crippen molar-refractivity contribution in [3.63, 3.8) is 0 Å². The molecule has 8 nitrogen and oxygen atoms in total. The van der Waals surface area contributed by atoms with E-state index in [0.717, 1.165) is 40.6 Å². The first kappa shape index (κ1) is 23.3. The summed E-state index contributed by atoms with van der Waals surface area (Å²) in [4.78, 5) is 31.8. The Labute approximate surface area is 204 Å². The number of nitrogens with zero attached hydrogens (tertiary/aromatic N) is 2. The molecule has 1 aromatic heterocycles. The average molecular weight is 475 g/mol. The first-order chi connectivity index (χ1) is 16.9. The minimum absolute atomic E-state index is 0.174. The maximum absolute atomic E-state index is 13.4. The maximum atomic E-state index is 13.4. The Hall–Kier alpha value is -3.49. The van der Waals surface area contributed by atoms with Crippen LogP contribution in [0.15, 0.2) is 54.6 Å². The Morgan fingerprint density at radius 3 is 2.77 bits per heavy atom. The molecule has 2 amide bonds. The fourth-order valence-electron chi connectivity index (χ4n) is 5.57. The molecule has 2 heterocycles. The van der Waals surface area contributed by atoms with Crippen molar-refractivity contribution in [2.45, 2.75) is 50.8 Å². The van der Waals surface area contributed by atoms with Crippen molar-refractivity contribution < 1.29 is 19.5 Å². The number of benzene rings is 2. The SMILES string of the molecule is Cc1cc(COc2ccc([C@@]3(N)CCN([C@@H]4CCC[C@@H]4C(=O)NO)C3=O)cc2)c2ccccc2n1. The van der Waals surface area contributed by atoms with E-state index in [2.05, 4.69) is 4.98 Å². The largest absolute Gasteiger partial charge is 0.489 e. The number of pyridine rings is 1. The van der Waals surface area contributed by atoms with E-state index in [1.807, 2.05) is 61.5 Å². The molecule has 4 N–H and O–H groups in total. The number of likely N-dealkylation sites (tertiary alicyclic amines) is 1. The van der Waals surface area contributed by atoms with E-state index >= 15 is 0 Å². The van der Waals surface area contributed by atoms with E-state index in [1.54, 1.807) is 10.4 Å². The third-order valence-electron chi connectivity index (χ3n) is 7.41. The van der Waals surface area contributed by atoms with Crippen LogP contribution in [0.5, 0.6) is 5.75 Å². The van der Waals surface area contributed by atoms with E-state index < -0.39 is 17.4 Å². The van der Waals surface area contributed by atoms with Crippen LogP contribution in [-0.4, -0.2) is 39.5 Å². The highest BCUT2D eigenvalue weighted by molar-refractivity contribution is 5.91. The number of hydroxylamine groups is 1. The van der Waals surface area contributed by atoms with Crippen LogP contribution in [0.1, 0.15) is 42.5 Å². The number of nitrogens with two attached hydrogens (primary N) is 1. The summed E-state index contributed by atoms with van der Waals surface area (Å²) in [5.74, 6) is -0.329. The summed E-state index contributed by atoms with van der Waals surface area (Å²) in [6.07, 6.45) is 2.69. The van der Waals surface area contributed by atoms with E-state index in [-0.39, 0.29) is 11.9 Å². The molecule has 3 atom stereocenters. The van der Waals surface area contributed by atoms with Crippen molar-refractivity contribution in [3.8, 4) is 5.75 Å². The van der Waals surface area contributed by atoms with Crippen LogP contribution < -0.4 is 16.0 Å². The third-order valence-corrected chi connectivity index (χ3v) is 7.41. The molecule has 2 aromatic carbocycles. The summed E-state index contributed by atoms with van der Waals surface area (Å²) in [5.41, 5.74) is 10.9. The molecule has 8 heteroatoms. The normalized spacial score (nSPS) is 24.2. The quantitative estimate of drug-likeness (QED) is 0.373. The zero-order valence-corrected chi connectivity index (χ0v) is 19.7. The van der Waals surface area contributed by atoms with Crippen molar-refractivity contribution in [2.24, 2.45) is 11.7 Å². The summed E-state index contributed by atoms with van der Waals surface area (Å²) < 4.78 is 6.06. The fourth-order valence-corrected chi connectivity index (χ4v) is 5.57. The van der Waals surface area contributed by atoms with Crippen molar-refractivity contribution in [2.75, 3.05) is 6.54 Å². The van der Waals surface area contributed by atoms with Gasteiger partial charge in [0.25, 0.3) is 0 Å². The Morgan fingerprint density at radius 2 is 2.00 bits per heavy atom. The van der Waals surface area contributed by atoms with Crippen LogP contribution in [0.25, 0.3) is 10.9 Å². The Balaban J connectivity index is 1.29. The molecule has 2 aliphatic rings. The van der Waals surface area contributed by atoms with Gasteiger partial charge in [-0.2, -0.15) is 0 Å². The zero-order valence-electron chi connectivity index (χ0n) is 19.7. The molecular formula is C27H30N4O4. The predicted molar refractivity (Wildman–Crippen MR) is 131 cm³/mol. The van der Waals surface area contributed by atoms with E-state index in [0.29, 0.717) is 31.7 Å². The van der Waals surface area contributed by atoms with Gasteiger partial charge < -0.3 is 15.4 Å². The molecule has 1 aliphatic heterocycles. The topological polar surface area (TPSA) is 118 Å². The number of hydrogen-bond acceptors (Lipinski definition) is 6. The third kappa shape index (κ3) is 4.24. The van der Waals surface area contributed by atoms with E-state index in [9.17, 15) is 9.59 Å². The van der Waals surface area contributed by atoms with E-state index in [4.69, 9.17) is 15.7 Å². The van der Waals surface area contributed by atoms with Gasteiger partial charge in [-0.3, -0.25) is 19.8 Å². The number of hydrogen-bond donors (Lipinski definition) is 3. The highest BCUT2D eigenvalue weighted by Gasteiger charge is 2.50. The summed E-state index contributed by atoms with van der Waals surface area (Å²) >= 11 is 0. The molecule has 182 valence electrons. The number of carbonyl (C=O) groups excluding carboxylic acids is 2. The molecule has 5 rings (SSSR count). The predicted octanol–water partition coefficient (Wildman–Crippen LogP) is 3.18. The second-order valence-corrected chi connectivity index (χ2v) is 9.55. The first-order valence-electron chi connectivity index (χ1n) is 12.0. The van der Waals surface area contributed by atoms with Crippen molar-refractivity contribution in [1.82, 2.24) is 15.4 Å². The Bertz CT molecular complexity index is 1260. The van der Waals surface area contributed by atoms with Gasteiger partial charge in [0.15, 0.2) is 0 Å². The molecule has 3 aromatic rings. The van der Waals surface area contributed by atoms with Gasteiger partial charge in [0, 0.05) is 29.2 Å². The number of fused-ring (bicyclic) bond motifs is 1. The molecule has 0 spiro atoms. The van der Waals surface area contributed by atoms with Crippen LogP contribution >= 0.6 is 0 Å². The molecule has 0 radical (unpaired) electrons. The number of ether oxygens (including phenoxy) is 1. The van der Waals surface area contributed by atoms with Gasteiger partial charge in [-0.15, -0.1) is 0 Å². The molecular weight excluding hydrogens is 444 g/mol. The van der Waals surface area contributed by atoms with Gasteiger partial charge in [-0.1, -0.05) is 36.8 Å². The minimum Gasteiger partial charge on any atom is -0.489 e. The first-order valence-corrected chi connectivity index (χ1v) is 12.0. The standard InChI is InChI=1S/C27H30N4O4/c1-17-15-18(21-5-2-3-7-23(21)29-17)16-35-20-11-9-19(10-12-20)27(28)13-14-31(26(27)33)24-8-4-6-22(24)25(32)30-34/h2-3,5,7,9-12,15,22,24,34H,4,6,8,13-14,16,28H2,1H3,(H,30,32)/t22-,24+,27-/m0/s1. The van der Waals surface area contributed by atoms with Gasteiger partial charge in [-0.05, 0) is 56.0 Å². The lowest BCUT2D eigenvalue weighted by molar-refractivity contribution is -0.139. The van der Waals surface area contributed by atoms with Crippen LogP contribution in [0, 0.1) is 12.8 Å². The lowest BCUT2D eigenvalue weighted by Crippen LogP contribution is -2.50. The summed E-state index contributed by atoms with van der Waals surface area (Å²) in [6.45, 7) is 2.86. The zero-order chi connectivity index (χ0) is 24.6. The molecule has 0 unspecified atom stereocenters. The molecule has 0 bridgehead atoms. The number of aryl methyl sites for hydroxylation is 1. The van der Waals surface area contributed by atoms with Crippen molar-refractivity contribution in [3.05, 3.63) is 71.4 Å². The lowest BCUT2D eigenvalue weighted by Gasteiger charge is -2.30. The Morgan fingerprint density at radius 1 is 1.23 bits per heavy atom. The second-order valence-electron chi connectivity index (χ2n) is 9.55. The lowest BCUT2D eigenvalue weighted by atomic mass is 9.89. The van der Waals surface area contributed by atoms with Crippen molar-refractivity contribution in [1.29, 1.82) is 0 Å². The average Bonchev–Trinajstić information content (AvgIpc) is 3.47. The van der Waals surface area contributed by atoms with Gasteiger partial charge in [-0.25, -0.2) is 5.48 Å². The number of aromatic nitrogens is 1. The Kier molecular flexibility index (Phi) is 6.17. The van der Waals surface area contributed by atoms with Crippen LogP contribution in [-0.2, 0) is 21.7 Å². The summed E-state index contributed by atoms with van der Waals surface area (Å²) in [6, 6.07) is 17.2. The van der Waals surface area contributed by atoms with Gasteiger partial charge in [0.05, 0.1) is 11.4 Å².